The summed E-state index contributed by atoms with van der Waals surface area (Å²) in [5, 5.41) is 0. The summed E-state index contributed by atoms with van der Waals surface area (Å²) < 4.78 is 0. The molecule has 0 heterocycles. The van der Waals surface area contributed by atoms with Gasteiger partial charge in [0.05, 0.1) is 0 Å². The monoisotopic (exact) mass is 309 g/mol. The number of allylic oxidation sites excluding steroid dienone is 2. The van der Waals surface area contributed by atoms with Crippen LogP contribution in [0.25, 0.3) is 0 Å². The van der Waals surface area contributed by atoms with Crippen LogP contribution in [0.2, 0.25) is 0 Å². The van der Waals surface area contributed by atoms with Gasteiger partial charge in [0.15, 0.2) is 0 Å². The normalized spacial score (nSPS) is 11.8. The average molecular weight is 310 g/mol. The highest BCUT2D eigenvalue weighted by molar-refractivity contribution is 4.76. The summed E-state index contributed by atoms with van der Waals surface area (Å²) in [6.07, 6.45) is 23.1. The minimum atomic E-state index is 1.21. The first-order chi connectivity index (χ1) is 10.8. The van der Waals surface area contributed by atoms with Crippen LogP contribution in [0.3, 0.4) is 0 Å². The average Bonchev–Trinajstić information content (AvgIpc) is 2.55. The smallest absolute Gasteiger partial charge is 0.00190 e. The predicted octanol–water partition coefficient (Wildman–Crippen LogP) is 6.98. The lowest BCUT2D eigenvalue weighted by Crippen LogP contribution is -2.23. The highest BCUT2D eigenvalue weighted by Crippen LogP contribution is 2.12. The van der Waals surface area contributed by atoms with Crippen LogP contribution in [0.15, 0.2) is 12.2 Å². The second-order valence-electron chi connectivity index (χ2n) is 6.63. The van der Waals surface area contributed by atoms with Crippen molar-refractivity contribution < 1.29 is 0 Å². The van der Waals surface area contributed by atoms with Crippen molar-refractivity contribution in [1.82, 2.24) is 4.90 Å². The van der Waals surface area contributed by atoms with Crippen LogP contribution in [0, 0.1) is 0 Å². The van der Waals surface area contributed by atoms with Gasteiger partial charge in [-0.05, 0) is 45.8 Å². The van der Waals surface area contributed by atoms with Crippen LogP contribution >= 0.6 is 0 Å². The molecule has 0 radical (unpaired) electrons. The first-order valence-electron chi connectivity index (χ1n) is 10.2. The Hall–Kier alpha value is -0.300. The van der Waals surface area contributed by atoms with Crippen LogP contribution < -0.4 is 0 Å². The van der Waals surface area contributed by atoms with Gasteiger partial charge in [-0.2, -0.15) is 0 Å². The van der Waals surface area contributed by atoms with Crippen LogP contribution in [0.5, 0.6) is 0 Å². The van der Waals surface area contributed by atoms with Gasteiger partial charge in [-0.3, -0.25) is 0 Å². The Bertz CT molecular complexity index is 218. The molecule has 22 heavy (non-hydrogen) atoms. The van der Waals surface area contributed by atoms with E-state index in [0.29, 0.717) is 0 Å². The summed E-state index contributed by atoms with van der Waals surface area (Å²) in [6.45, 7) is 10.4. The molecule has 0 unspecified atom stereocenters. The first-order valence-corrected chi connectivity index (χ1v) is 10.2. The van der Waals surface area contributed by atoms with Crippen LogP contribution in [0.1, 0.15) is 104 Å². The van der Waals surface area contributed by atoms with E-state index in [4.69, 9.17) is 0 Å². The van der Waals surface area contributed by atoms with E-state index in [1.165, 1.54) is 103 Å². The minimum Gasteiger partial charge on any atom is -0.304 e. The number of unbranched alkanes of at least 4 members (excludes halogenated alkanes) is 12. The molecule has 0 fully saturated rings. The van der Waals surface area contributed by atoms with Gasteiger partial charge < -0.3 is 4.90 Å². The van der Waals surface area contributed by atoms with Gasteiger partial charge in [0.2, 0.25) is 0 Å². The molecule has 1 nitrogen and oxygen atoms in total. The molecule has 1 heteroatoms. The van der Waals surface area contributed by atoms with E-state index in [2.05, 4.69) is 37.8 Å². The molecule has 0 atom stereocenters. The molecule has 0 amide bonds. The molecule has 0 aliphatic carbocycles. The van der Waals surface area contributed by atoms with Crippen molar-refractivity contribution in [1.29, 1.82) is 0 Å². The van der Waals surface area contributed by atoms with Gasteiger partial charge in [-0.25, -0.2) is 0 Å². The second-order valence-corrected chi connectivity index (χ2v) is 6.63. The fourth-order valence-corrected chi connectivity index (χ4v) is 3.07. The van der Waals surface area contributed by atoms with Gasteiger partial charge in [0.1, 0.15) is 0 Å². The molecule has 0 saturated carbocycles. The summed E-state index contributed by atoms with van der Waals surface area (Å²) in [5.74, 6) is 0. The molecule has 0 N–H and O–H groups in total. The summed E-state index contributed by atoms with van der Waals surface area (Å²) in [4.78, 5) is 2.54. The van der Waals surface area contributed by atoms with Crippen LogP contribution in [-0.4, -0.2) is 24.5 Å². The van der Waals surface area contributed by atoms with E-state index in [1.54, 1.807) is 0 Å². The van der Waals surface area contributed by atoms with E-state index >= 15 is 0 Å². The standard InChI is InChI=1S/C21H43N/c1-4-7-8-9-10-11-12-13-14-15-16-17-18-19-20-21-22(5-2)6-3/h4,7H,5-6,8-21H2,1-3H3/b7-4+. The second kappa shape index (κ2) is 18.7. The van der Waals surface area contributed by atoms with E-state index < -0.39 is 0 Å². The molecule has 0 spiro atoms. The third-order valence-electron chi connectivity index (χ3n) is 4.73. The SMILES string of the molecule is C/C=C/CCCCCCCCCCCCCCN(CC)CC. The topological polar surface area (TPSA) is 3.24 Å². The molecular formula is C21H43N. The van der Waals surface area contributed by atoms with E-state index in [9.17, 15) is 0 Å². The Morgan fingerprint density at radius 2 is 1.00 bits per heavy atom. The molecule has 0 saturated heterocycles. The molecule has 0 rings (SSSR count). The van der Waals surface area contributed by atoms with Crippen LogP contribution in [-0.2, 0) is 0 Å². The number of hydrogen-bond acceptors (Lipinski definition) is 1. The Labute approximate surface area is 141 Å². The van der Waals surface area contributed by atoms with Crippen LogP contribution in [0.4, 0.5) is 0 Å². The quantitative estimate of drug-likeness (QED) is 0.207. The fraction of sp³-hybridized carbons (Fsp3) is 0.905. The molecule has 0 aromatic heterocycles. The third-order valence-corrected chi connectivity index (χ3v) is 4.73. The lowest BCUT2D eigenvalue weighted by molar-refractivity contribution is 0.295. The minimum absolute atomic E-state index is 1.21. The highest BCUT2D eigenvalue weighted by Gasteiger charge is 1.98. The predicted molar refractivity (Wildman–Crippen MR) is 103 cm³/mol. The van der Waals surface area contributed by atoms with Crippen molar-refractivity contribution in [2.75, 3.05) is 19.6 Å². The zero-order valence-corrected chi connectivity index (χ0v) is 15.9. The van der Waals surface area contributed by atoms with Crippen molar-refractivity contribution in [3.8, 4) is 0 Å². The summed E-state index contributed by atoms with van der Waals surface area (Å²) >= 11 is 0. The van der Waals surface area contributed by atoms with Gasteiger partial charge in [0, 0.05) is 0 Å². The van der Waals surface area contributed by atoms with Gasteiger partial charge in [-0.15, -0.1) is 0 Å². The number of nitrogens with zero attached hydrogens (tertiary/aromatic N) is 1. The molecule has 0 aromatic carbocycles. The maximum atomic E-state index is 2.54. The zero-order valence-electron chi connectivity index (χ0n) is 15.9. The molecular weight excluding hydrogens is 266 g/mol. The number of hydrogen-bond donors (Lipinski definition) is 0. The molecule has 0 aromatic rings. The fourth-order valence-electron chi connectivity index (χ4n) is 3.07. The Morgan fingerprint density at radius 1 is 0.591 bits per heavy atom. The van der Waals surface area contributed by atoms with Crippen molar-refractivity contribution in [3.63, 3.8) is 0 Å². The lowest BCUT2D eigenvalue weighted by atomic mass is 10.0. The lowest BCUT2D eigenvalue weighted by Gasteiger charge is -2.17. The third kappa shape index (κ3) is 16.1. The summed E-state index contributed by atoms with van der Waals surface area (Å²) in [5.41, 5.74) is 0. The number of rotatable bonds is 17. The molecule has 0 aliphatic heterocycles. The maximum absolute atomic E-state index is 2.54. The summed E-state index contributed by atoms with van der Waals surface area (Å²) in [7, 11) is 0. The summed E-state index contributed by atoms with van der Waals surface area (Å²) in [6, 6.07) is 0. The first kappa shape index (κ1) is 21.7. The Balaban J connectivity index is 3.05. The molecule has 0 bridgehead atoms. The van der Waals surface area contributed by atoms with E-state index in [0.717, 1.165) is 0 Å². The van der Waals surface area contributed by atoms with Gasteiger partial charge in [-0.1, -0.05) is 90.2 Å². The van der Waals surface area contributed by atoms with Gasteiger partial charge in [0.25, 0.3) is 0 Å². The highest BCUT2D eigenvalue weighted by atomic mass is 15.1. The zero-order chi connectivity index (χ0) is 16.3. The van der Waals surface area contributed by atoms with Gasteiger partial charge >= 0.3 is 0 Å². The van der Waals surface area contributed by atoms with E-state index in [1.807, 2.05) is 0 Å². The van der Waals surface area contributed by atoms with Crippen molar-refractivity contribution >= 4 is 0 Å². The molecule has 0 aliphatic rings. The van der Waals surface area contributed by atoms with E-state index in [-0.39, 0.29) is 0 Å². The van der Waals surface area contributed by atoms with Crippen molar-refractivity contribution in [2.24, 2.45) is 0 Å². The van der Waals surface area contributed by atoms with Crippen molar-refractivity contribution in [2.45, 2.75) is 104 Å². The Morgan fingerprint density at radius 3 is 1.41 bits per heavy atom. The molecule has 132 valence electrons. The maximum Gasteiger partial charge on any atom is -0.00190 e. The largest absolute Gasteiger partial charge is 0.304 e. The Kier molecular flexibility index (Phi) is 18.5. The van der Waals surface area contributed by atoms with Crippen molar-refractivity contribution in [3.05, 3.63) is 12.2 Å².